The monoisotopic (exact) mass is 574 g/mol. The molecule has 0 aliphatic rings. The van der Waals surface area contributed by atoms with Crippen molar-refractivity contribution in [2.45, 2.75) is 34.0 Å². The van der Waals surface area contributed by atoms with Gasteiger partial charge in [-0.05, 0) is 62.4 Å². The molecule has 5 aromatic rings. The van der Waals surface area contributed by atoms with Crippen LogP contribution in [0, 0.1) is 18.4 Å². The summed E-state index contributed by atoms with van der Waals surface area (Å²) >= 11 is 5.85. The molecular formula is C28H21F3O4S3. The largest absolute Gasteiger partial charge is 0.741 e. The van der Waals surface area contributed by atoms with Crippen molar-refractivity contribution < 1.29 is 30.6 Å². The summed E-state index contributed by atoms with van der Waals surface area (Å²) in [6, 6.07) is 32.2. The van der Waals surface area contributed by atoms with Gasteiger partial charge >= 0.3 is 5.51 Å². The quantitative estimate of drug-likeness (QED) is 0.0716. The Balaban J connectivity index is 0.000000368. The lowest BCUT2D eigenvalue weighted by molar-refractivity contribution is -0.0517. The normalized spacial score (nSPS) is 12.0. The van der Waals surface area contributed by atoms with Crippen LogP contribution in [0.1, 0.15) is 11.1 Å². The van der Waals surface area contributed by atoms with Gasteiger partial charge in [0, 0.05) is 16.8 Å². The third kappa shape index (κ3) is 6.10. The highest BCUT2D eigenvalue weighted by Gasteiger charge is 2.37. The fourth-order valence-electron chi connectivity index (χ4n) is 3.67. The first-order chi connectivity index (χ1) is 17.8. The zero-order valence-electron chi connectivity index (χ0n) is 20.2. The predicted molar refractivity (Wildman–Crippen MR) is 145 cm³/mol. The van der Waals surface area contributed by atoms with E-state index in [1.165, 1.54) is 25.8 Å². The molecule has 0 aliphatic carbocycles. The van der Waals surface area contributed by atoms with Crippen LogP contribution in [0.3, 0.4) is 0 Å². The van der Waals surface area contributed by atoms with Gasteiger partial charge in [0.2, 0.25) is 0 Å². The van der Waals surface area contributed by atoms with Crippen LogP contribution in [-0.2, 0) is 21.0 Å². The molecule has 10 heteroatoms. The third-order valence-corrected chi connectivity index (χ3v) is 8.80. The zero-order valence-corrected chi connectivity index (χ0v) is 22.6. The smallest absolute Gasteiger partial charge is 0.485 e. The molecule has 4 aromatic carbocycles. The predicted octanol–water partition coefficient (Wildman–Crippen LogP) is 8.08. The van der Waals surface area contributed by atoms with Crippen LogP contribution in [0.15, 0.2) is 110 Å². The van der Waals surface area contributed by atoms with Gasteiger partial charge in [0.25, 0.3) is 0 Å². The number of aryl methyl sites for hydroxylation is 2. The molecule has 196 valence electrons. The van der Waals surface area contributed by atoms with Crippen LogP contribution in [0.5, 0.6) is 0 Å². The van der Waals surface area contributed by atoms with Crippen molar-refractivity contribution in [3.05, 3.63) is 107 Å². The Morgan fingerprint density at radius 3 is 1.68 bits per heavy atom. The average molecular weight is 575 g/mol. The van der Waals surface area contributed by atoms with E-state index < -0.39 is 15.6 Å². The van der Waals surface area contributed by atoms with Crippen molar-refractivity contribution in [3.8, 4) is 0 Å². The minimum Gasteiger partial charge on any atom is -0.741 e. The molecule has 0 N–H and O–H groups in total. The highest BCUT2D eigenvalue weighted by atomic mass is 32.2. The molecule has 1 heterocycles. The van der Waals surface area contributed by atoms with Crippen LogP contribution in [0.2, 0.25) is 0 Å². The lowest BCUT2D eigenvalue weighted by Gasteiger charge is -2.10. The SMILES string of the molecule is Cc1ccc([S+](c2ccc(C)cc2)c2ccc3oc4ccccc4c(=S)c3c2)cc1.O=S(=O)([O-])C(F)(F)F. The fourth-order valence-corrected chi connectivity index (χ4v) is 6.07. The number of hydrogen-bond donors (Lipinski definition) is 0. The van der Waals surface area contributed by atoms with Crippen molar-refractivity contribution in [2.75, 3.05) is 0 Å². The van der Waals surface area contributed by atoms with Crippen LogP contribution in [0.4, 0.5) is 13.2 Å². The molecule has 0 fully saturated rings. The molecule has 0 saturated carbocycles. The van der Waals surface area contributed by atoms with Crippen LogP contribution >= 0.6 is 12.2 Å². The number of alkyl halides is 3. The second-order valence-corrected chi connectivity index (χ2v) is 12.2. The van der Waals surface area contributed by atoms with Crippen LogP contribution < -0.4 is 0 Å². The third-order valence-electron chi connectivity index (χ3n) is 5.58. The Morgan fingerprint density at radius 1 is 0.737 bits per heavy atom. The van der Waals surface area contributed by atoms with E-state index in [1.807, 2.05) is 24.3 Å². The molecule has 5 rings (SSSR count). The number of fused-ring (bicyclic) bond motifs is 2. The summed E-state index contributed by atoms with van der Waals surface area (Å²) in [5.41, 5.74) is -1.45. The number of hydrogen-bond acceptors (Lipinski definition) is 5. The standard InChI is InChI=1S/C27H21OS2.CHF3O3S/c1-18-7-11-20(12-8-18)30(21-13-9-19(2)10-14-21)22-15-16-26-24(17-22)27(29)23-5-3-4-6-25(23)28-26;2-1(3,4)8(5,6)7/h3-17H,1-2H3;(H,5,6,7)/q+1;/p-1. The van der Waals surface area contributed by atoms with Gasteiger partial charge in [0.05, 0.1) is 15.4 Å². The molecule has 4 nitrogen and oxygen atoms in total. The first-order valence-electron chi connectivity index (χ1n) is 11.2. The van der Waals surface area contributed by atoms with E-state index in [9.17, 15) is 13.2 Å². The maximum absolute atomic E-state index is 10.7. The average Bonchev–Trinajstić information content (AvgIpc) is 2.86. The minimum absolute atomic E-state index is 0.217. The van der Waals surface area contributed by atoms with E-state index in [1.54, 1.807) is 0 Å². The maximum Gasteiger partial charge on any atom is 0.485 e. The molecule has 0 unspecified atom stereocenters. The fraction of sp³-hybridized carbons (Fsp3) is 0.107. The Labute approximate surface area is 225 Å². The summed E-state index contributed by atoms with van der Waals surface area (Å²) in [6.07, 6.45) is 0. The minimum atomic E-state index is -6.09. The summed E-state index contributed by atoms with van der Waals surface area (Å²) in [4.78, 5) is 3.84. The number of para-hydroxylation sites is 1. The van der Waals surface area contributed by atoms with Gasteiger partial charge in [0.15, 0.2) is 24.8 Å². The molecule has 1 aromatic heterocycles. The van der Waals surface area contributed by atoms with Gasteiger partial charge < -0.3 is 8.97 Å². The van der Waals surface area contributed by atoms with Gasteiger partial charge in [-0.15, -0.1) is 0 Å². The van der Waals surface area contributed by atoms with Crippen molar-refractivity contribution in [2.24, 2.45) is 0 Å². The summed E-state index contributed by atoms with van der Waals surface area (Å²) in [5, 5.41) is 1.99. The highest BCUT2D eigenvalue weighted by Crippen LogP contribution is 2.35. The topological polar surface area (TPSA) is 70.3 Å². The molecule has 0 spiro atoms. The molecule has 0 saturated heterocycles. The molecular weight excluding hydrogens is 553 g/mol. The zero-order chi connectivity index (χ0) is 27.7. The first-order valence-corrected chi connectivity index (χ1v) is 14.2. The van der Waals surface area contributed by atoms with Gasteiger partial charge in [-0.25, -0.2) is 8.42 Å². The lowest BCUT2D eigenvalue weighted by Crippen LogP contribution is -2.21. The van der Waals surface area contributed by atoms with Crippen molar-refractivity contribution in [3.63, 3.8) is 0 Å². The molecule has 0 atom stereocenters. The van der Waals surface area contributed by atoms with E-state index in [0.717, 1.165) is 26.4 Å². The van der Waals surface area contributed by atoms with E-state index >= 15 is 0 Å². The Bertz CT molecular complexity index is 1720. The van der Waals surface area contributed by atoms with Gasteiger partial charge in [-0.3, -0.25) is 0 Å². The van der Waals surface area contributed by atoms with Crippen molar-refractivity contribution >= 4 is 55.2 Å². The van der Waals surface area contributed by atoms with Crippen LogP contribution in [0.25, 0.3) is 21.9 Å². The van der Waals surface area contributed by atoms with Gasteiger partial charge in [-0.2, -0.15) is 13.2 Å². The highest BCUT2D eigenvalue weighted by molar-refractivity contribution is 7.97. The molecule has 0 aliphatic heterocycles. The van der Waals surface area contributed by atoms with E-state index in [4.69, 9.17) is 29.6 Å². The summed E-state index contributed by atoms with van der Waals surface area (Å²) in [7, 11) is -6.31. The van der Waals surface area contributed by atoms with Gasteiger partial charge in [0.1, 0.15) is 11.2 Å². The molecule has 38 heavy (non-hydrogen) atoms. The molecule has 0 amide bonds. The van der Waals surface area contributed by atoms with E-state index in [2.05, 4.69) is 80.6 Å². The number of benzene rings is 4. The van der Waals surface area contributed by atoms with Gasteiger partial charge in [-0.1, -0.05) is 59.7 Å². The lowest BCUT2D eigenvalue weighted by atomic mass is 10.1. The maximum atomic E-state index is 10.7. The van der Waals surface area contributed by atoms with E-state index in [0.29, 0.717) is 0 Å². The Morgan fingerprint density at radius 2 is 1.18 bits per heavy atom. The summed E-state index contributed by atoms with van der Waals surface area (Å²) in [6.45, 7) is 4.25. The second-order valence-electron chi connectivity index (χ2n) is 8.42. The first kappa shape index (κ1) is 27.8. The van der Waals surface area contributed by atoms with Crippen LogP contribution in [-0.4, -0.2) is 18.5 Å². The number of rotatable bonds is 3. The Hall–Kier alpha value is -3.18. The number of halogens is 3. The van der Waals surface area contributed by atoms with Crippen molar-refractivity contribution in [1.82, 2.24) is 0 Å². The molecule has 0 radical (unpaired) electrons. The summed E-state index contributed by atoms with van der Waals surface area (Å²) < 4.78 is 65.9. The van der Waals surface area contributed by atoms with Crippen molar-refractivity contribution in [1.29, 1.82) is 0 Å². The summed E-state index contributed by atoms with van der Waals surface area (Å²) in [5.74, 6) is 0. The molecule has 0 bridgehead atoms. The Kier molecular flexibility index (Phi) is 7.98. The second kappa shape index (κ2) is 10.9. The van der Waals surface area contributed by atoms with E-state index in [-0.39, 0.29) is 10.9 Å².